The Kier molecular flexibility index (Phi) is 6.55. The smallest absolute Gasteiger partial charge is 0.237 e. The highest BCUT2D eigenvalue weighted by molar-refractivity contribution is 8.01. The van der Waals surface area contributed by atoms with Gasteiger partial charge >= 0.3 is 0 Å². The van der Waals surface area contributed by atoms with Gasteiger partial charge in [0, 0.05) is 22.0 Å². The van der Waals surface area contributed by atoms with E-state index in [1.54, 1.807) is 24.3 Å². The molecule has 29 heavy (non-hydrogen) atoms. The highest BCUT2D eigenvalue weighted by Gasteiger charge is 2.27. The number of aryl methyl sites for hydroxylation is 1. The Balaban J connectivity index is 1.66. The molecule has 0 radical (unpaired) electrons. The fourth-order valence-corrected chi connectivity index (χ4v) is 5.30. The van der Waals surface area contributed by atoms with Gasteiger partial charge in [-0.15, -0.1) is 11.8 Å². The van der Waals surface area contributed by atoms with E-state index in [4.69, 9.17) is 11.6 Å². The highest BCUT2D eigenvalue weighted by atomic mass is 35.5. The van der Waals surface area contributed by atoms with Crippen molar-refractivity contribution < 1.29 is 18.0 Å². The summed E-state index contributed by atoms with van der Waals surface area (Å²) in [7, 11) is -3.68. The largest absolute Gasteiger partial charge is 0.326 e. The lowest BCUT2D eigenvalue weighted by Gasteiger charge is -2.23. The van der Waals surface area contributed by atoms with Crippen molar-refractivity contribution in [3.05, 3.63) is 47.0 Å². The number of hydrogen-bond acceptors (Lipinski definition) is 5. The molecular formula is C20H21ClN2O4S2. The lowest BCUT2D eigenvalue weighted by Crippen LogP contribution is -2.28. The summed E-state index contributed by atoms with van der Waals surface area (Å²) in [5.41, 5.74) is 1.89. The van der Waals surface area contributed by atoms with E-state index in [2.05, 4.69) is 10.6 Å². The predicted octanol–water partition coefficient (Wildman–Crippen LogP) is 4.27. The maximum absolute atomic E-state index is 12.7. The molecule has 1 heterocycles. The van der Waals surface area contributed by atoms with Gasteiger partial charge in [0.05, 0.1) is 21.6 Å². The molecule has 2 aromatic rings. The van der Waals surface area contributed by atoms with E-state index >= 15 is 0 Å². The van der Waals surface area contributed by atoms with Gasteiger partial charge in [0.15, 0.2) is 9.84 Å². The van der Waals surface area contributed by atoms with Crippen LogP contribution in [0.2, 0.25) is 5.02 Å². The van der Waals surface area contributed by atoms with E-state index < -0.39 is 15.7 Å². The molecule has 0 bridgehead atoms. The molecule has 0 fully saturated rings. The third-order valence-corrected chi connectivity index (χ3v) is 8.12. The molecule has 0 saturated heterocycles. The number of nitrogens with one attached hydrogen (secondary N) is 2. The van der Waals surface area contributed by atoms with Crippen LogP contribution in [0.4, 0.5) is 11.4 Å². The van der Waals surface area contributed by atoms with Crippen LogP contribution >= 0.6 is 23.4 Å². The normalized spacial score (nSPS) is 16.1. The van der Waals surface area contributed by atoms with E-state index in [0.717, 1.165) is 10.5 Å². The zero-order chi connectivity index (χ0) is 21.2. The van der Waals surface area contributed by atoms with E-state index in [1.807, 2.05) is 13.8 Å². The highest BCUT2D eigenvalue weighted by Crippen LogP contribution is 2.38. The van der Waals surface area contributed by atoms with E-state index in [0.29, 0.717) is 22.8 Å². The number of carbonyl (C=O) groups is 2. The fourth-order valence-electron chi connectivity index (χ4n) is 2.83. The number of carbonyl (C=O) groups excluding carboxylic acids is 2. The van der Waals surface area contributed by atoms with Crippen molar-refractivity contribution in [2.24, 2.45) is 0 Å². The number of sulfone groups is 1. The number of amides is 2. The molecule has 0 spiro atoms. The molecule has 1 aliphatic rings. The van der Waals surface area contributed by atoms with Crippen molar-refractivity contribution >= 4 is 56.4 Å². The van der Waals surface area contributed by atoms with Gasteiger partial charge in [0.1, 0.15) is 0 Å². The first-order valence-electron chi connectivity index (χ1n) is 9.10. The van der Waals surface area contributed by atoms with Crippen molar-refractivity contribution in [2.75, 3.05) is 16.4 Å². The van der Waals surface area contributed by atoms with Crippen LogP contribution in [0.1, 0.15) is 25.3 Å². The first-order valence-corrected chi connectivity index (χ1v) is 12.0. The van der Waals surface area contributed by atoms with Crippen LogP contribution in [-0.4, -0.2) is 31.2 Å². The van der Waals surface area contributed by atoms with Crippen LogP contribution in [0.5, 0.6) is 0 Å². The number of thioether (sulfide) groups is 1. The zero-order valence-corrected chi connectivity index (χ0v) is 18.4. The van der Waals surface area contributed by atoms with Gasteiger partial charge < -0.3 is 10.6 Å². The molecule has 0 saturated carbocycles. The molecule has 154 valence electrons. The second-order valence-electron chi connectivity index (χ2n) is 6.74. The Morgan fingerprint density at radius 3 is 2.69 bits per heavy atom. The molecule has 0 aromatic heterocycles. The number of benzene rings is 2. The molecule has 3 rings (SSSR count). The maximum atomic E-state index is 12.7. The molecule has 9 heteroatoms. The summed E-state index contributed by atoms with van der Waals surface area (Å²) >= 11 is 7.46. The predicted molar refractivity (Wildman–Crippen MR) is 116 cm³/mol. The first kappa shape index (κ1) is 21.7. The lowest BCUT2D eigenvalue weighted by atomic mass is 10.2. The number of fused-ring (bicyclic) bond motifs is 1. The molecule has 2 amide bonds. The van der Waals surface area contributed by atoms with Crippen LogP contribution in [-0.2, 0) is 19.4 Å². The van der Waals surface area contributed by atoms with Crippen LogP contribution < -0.4 is 10.6 Å². The van der Waals surface area contributed by atoms with Gasteiger partial charge in [0.25, 0.3) is 0 Å². The number of anilines is 2. The second-order valence-corrected chi connectivity index (χ2v) is 10.5. The molecule has 2 aromatic carbocycles. The van der Waals surface area contributed by atoms with Crippen molar-refractivity contribution in [3.8, 4) is 0 Å². The first-order chi connectivity index (χ1) is 13.7. The molecular weight excluding hydrogens is 432 g/mol. The summed E-state index contributed by atoms with van der Waals surface area (Å²) in [6, 6.07) is 9.78. The summed E-state index contributed by atoms with van der Waals surface area (Å²) in [4.78, 5) is 25.1. The van der Waals surface area contributed by atoms with Gasteiger partial charge in [-0.1, -0.05) is 24.6 Å². The summed E-state index contributed by atoms with van der Waals surface area (Å²) < 4.78 is 25.3. The summed E-state index contributed by atoms with van der Waals surface area (Å²) in [6.07, 6.45) is 0.501. The Morgan fingerprint density at radius 1 is 1.24 bits per heavy atom. The fraction of sp³-hybridized carbons (Fsp3) is 0.300. The van der Waals surface area contributed by atoms with Crippen LogP contribution in [0.3, 0.4) is 0 Å². The summed E-state index contributed by atoms with van der Waals surface area (Å²) in [5.74, 6) is -0.882. The molecule has 1 aliphatic heterocycles. The van der Waals surface area contributed by atoms with Gasteiger partial charge in [-0.3, -0.25) is 9.59 Å². The van der Waals surface area contributed by atoms with Crippen LogP contribution in [0.15, 0.2) is 46.2 Å². The number of rotatable bonds is 6. The van der Waals surface area contributed by atoms with Crippen molar-refractivity contribution in [1.82, 2.24) is 0 Å². The third kappa shape index (κ3) is 5.12. The third-order valence-electron chi connectivity index (χ3n) is 4.55. The molecule has 1 atom stereocenters. The Bertz CT molecular complexity index is 1070. The molecule has 2 N–H and O–H groups in total. The minimum Gasteiger partial charge on any atom is -0.326 e. The van der Waals surface area contributed by atoms with Crippen LogP contribution in [0.25, 0.3) is 0 Å². The standard InChI is InChI=1S/C20H21ClN2O4S2/c1-3-17-20(25)23-16-11-14(6-7-18(16)28-17)29(26,27)9-8-19(24)22-13-5-4-12(2)15(21)10-13/h4-7,10-11,17H,3,8-9H2,1-2H3,(H,22,24)(H,23,25)/t17-/m0/s1. The maximum Gasteiger partial charge on any atom is 0.237 e. The minimum atomic E-state index is -3.68. The van der Waals surface area contributed by atoms with Crippen molar-refractivity contribution in [2.45, 2.75) is 41.7 Å². The van der Waals surface area contributed by atoms with E-state index in [-0.39, 0.29) is 28.2 Å². The summed E-state index contributed by atoms with van der Waals surface area (Å²) in [6.45, 7) is 3.78. The van der Waals surface area contributed by atoms with Gasteiger partial charge in [-0.2, -0.15) is 0 Å². The number of halogens is 1. The monoisotopic (exact) mass is 452 g/mol. The summed E-state index contributed by atoms with van der Waals surface area (Å²) in [5, 5.41) is 5.76. The molecule has 0 aliphatic carbocycles. The average molecular weight is 453 g/mol. The van der Waals surface area contributed by atoms with Crippen LogP contribution in [0, 0.1) is 6.92 Å². The van der Waals surface area contributed by atoms with Gasteiger partial charge in [-0.25, -0.2) is 8.42 Å². The average Bonchev–Trinajstić information content (AvgIpc) is 2.68. The van der Waals surface area contributed by atoms with Crippen molar-refractivity contribution in [1.29, 1.82) is 0 Å². The van der Waals surface area contributed by atoms with Gasteiger partial charge in [-0.05, 0) is 49.2 Å². The molecule has 6 nitrogen and oxygen atoms in total. The SMILES string of the molecule is CC[C@@H]1Sc2ccc(S(=O)(=O)CCC(=O)Nc3ccc(C)c(Cl)c3)cc2NC1=O. The Hall–Kier alpha value is -2.03. The quantitative estimate of drug-likeness (QED) is 0.682. The Morgan fingerprint density at radius 2 is 2.00 bits per heavy atom. The number of hydrogen-bond donors (Lipinski definition) is 2. The lowest BCUT2D eigenvalue weighted by molar-refractivity contribution is -0.116. The minimum absolute atomic E-state index is 0.0817. The van der Waals surface area contributed by atoms with Crippen molar-refractivity contribution in [3.63, 3.8) is 0 Å². The van der Waals surface area contributed by atoms with E-state index in [9.17, 15) is 18.0 Å². The zero-order valence-electron chi connectivity index (χ0n) is 16.0. The second kappa shape index (κ2) is 8.77. The topological polar surface area (TPSA) is 92.3 Å². The Labute approximate surface area is 179 Å². The van der Waals surface area contributed by atoms with Gasteiger partial charge in [0.2, 0.25) is 11.8 Å². The molecule has 0 unspecified atom stereocenters. The van der Waals surface area contributed by atoms with E-state index in [1.165, 1.54) is 23.9 Å².